The third-order valence-electron chi connectivity index (χ3n) is 4.03. The van der Waals surface area contributed by atoms with Crippen LogP contribution in [0.1, 0.15) is 35.8 Å². The van der Waals surface area contributed by atoms with Gasteiger partial charge < -0.3 is 15.5 Å². The lowest BCUT2D eigenvalue weighted by Gasteiger charge is -2.23. The van der Waals surface area contributed by atoms with Crippen molar-refractivity contribution in [3.8, 4) is 0 Å². The molecule has 5 nitrogen and oxygen atoms in total. The molecule has 22 heavy (non-hydrogen) atoms. The first-order valence-corrected chi connectivity index (χ1v) is 8.87. The molecule has 1 unspecified atom stereocenters. The Morgan fingerprint density at radius 3 is 2.55 bits per heavy atom. The van der Waals surface area contributed by atoms with Crippen LogP contribution in [0.3, 0.4) is 0 Å². The van der Waals surface area contributed by atoms with Crippen LogP contribution in [0.4, 0.5) is 0 Å². The summed E-state index contributed by atoms with van der Waals surface area (Å²) in [7, 11) is 3.98. The Labute approximate surface area is 139 Å². The number of aliphatic imine (C=N–C) groups is 1. The molecule has 126 valence electrons. The van der Waals surface area contributed by atoms with Crippen molar-refractivity contribution in [2.24, 2.45) is 4.99 Å². The molecule has 0 saturated heterocycles. The molecule has 0 radical (unpaired) electrons. The molecule has 6 heteroatoms. The van der Waals surface area contributed by atoms with Gasteiger partial charge in [0.05, 0.1) is 10.7 Å². The summed E-state index contributed by atoms with van der Waals surface area (Å²) in [5.41, 5.74) is 1.15. The number of rotatable bonds is 8. The third kappa shape index (κ3) is 6.32. The lowest BCUT2D eigenvalue weighted by atomic mass is 10.2. The Bertz CT molecular complexity index is 450. The fourth-order valence-electron chi connectivity index (χ4n) is 2.04. The second kappa shape index (κ2) is 9.79. The number of hydrogen-bond donors (Lipinski definition) is 2. The van der Waals surface area contributed by atoms with Gasteiger partial charge >= 0.3 is 0 Å². The monoisotopic (exact) mass is 325 g/mol. The Kier molecular flexibility index (Phi) is 8.42. The molecule has 0 aliphatic carbocycles. The molecule has 1 aromatic heterocycles. The zero-order valence-electron chi connectivity index (χ0n) is 14.9. The van der Waals surface area contributed by atoms with Crippen molar-refractivity contribution in [3.05, 3.63) is 15.6 Å². The van der Waals surface area contributed by atoms with Crippen LogP contribution >= 0.6 is 11.3 Å². The minimum Gasteiger partial charge on any atom is -0.356 e. The van der Waals surface area contributed by atoms with E-state index in [0.29, 0.717) is 6.04 Å². The summed E-state index contributed by atoms with van der Waals surface area (Å²) in [6.45, 7) is 11.4. The molecule has 0 spiro atoms. The van der Waals surface area contributed by atoms with E-state index in [9.17, 15) is 0 Å². The van der Waals surface area contributed by atoms with Crippen LogP contribution in [0.25, 0.3) is 0 Å². The average Bonchev–Trinajstić information content (AvgIpc) is 2.82. The zero-order chi connectivity index (χ0) is 16.5. The molecule has 0 saturated carbocycles. The number of aromatic nitrogens is 1. The van der Waals surface area contributed by atoms with Crippen LogP contribution in [-0.4, -0.2) is 55.6 Å². The highest BCUT2D eigenvalue weighted by Gasteiger charge is 2.07. The van der Waals surface area contributed by atoms with Crippen molar-refractivity contribution in [1.29, 1.82) is 0 Å². The summed E-state index contributed by atoms with van der Waals surface area (Å²) < 4.78 is 0. The molecule has 1 aromatic rings. The van der Waals surface area contributed by atoms with Gasteiger partial charge in [0.1, 0.15) is 0 Å². The average molecular weight is 326 g/mol. The predicted molar refractivity (Wildman–Crippen MR) is 97.0 cm³/mol. The van der Waals surface area contributed by atoms with Gasteiger partial charge in [-0.05, 0) is 34.2 Å². The minimum absolute atomic E-state index is 0.619. The fourth-order valence-corrected chi connectivity index (χ4v) is 2.97. The van der Waals surface area contributed by atoms with Gasteiger partial charge in [0.15, 0.2) is 5.96 Å². The number of nitrogens with zero attached hydrogens (tertiary/aromatic N) is 3. The number of aryl methyl sites for hydroxylation is 2. The minimum atomic E-state index is 0.619. The lowest BCUT2D eigenvalue weighted by molar-refractivity contribution is 0.255. The molecule has 2 N–H and O–H groups in total. The largest absolute Gasteiger partial charge is 0.356 e. The molecule has 0 fully saturated rings. The standard InChI is InChI=1S/C16H31N5S/c1-7-12(2)21(6)11-10-19-16(17-5)18-9-8-15-20-13(3)14(4)22-15/h12H,7-11H2,1-6H3,(H2,17,18,19). The van der Waals surface area contributed by atoms with Crippen LogP contribution in [0, 0.1) is 13.8 Å². The van der Waals surface area contributed by atoms with Crippen LogP contribution in [0.5, 0.6) is 0 Å². The molecule has 0 amide bonds. The summed E-state index contributed by atoms with van der Waals surface area (Å²) >= 11 is 1.78. The van der Waals surface area contributed by atoms with Gasteiger partial charge in [-0.2, -0.15) is 0 Å². The van der Waals surface area contributed by atoms with Gasteiger partial charge in [-0.1, -0.05) is 6.92 Å². The van der Waals surface area contributed by atoms with E-state index >= 15 is 0 Å². The number of guanidine groups is 1. The summed E-state index contributed by atoms with van der Waals surface area (Å²) in [6.07, 6.45) is 2.11. The van der Waals surface area contributed by atoms with Gasteiger partial charge in [0, 0.05) is 44.0 Å². The maximum atomic E-state index is 4.56. The molecule has 1 atom stereocenters. The number of likely N-dealkylation sites (N-methyl/N-ethyl adjacent to an activating group) is 1. The maximum absolute atomic E-state index is 4.56. The Morgan fingerprint density at radius 2 is 2.00 bits per heavy atom. The fraction of sp³-hybridized carbons (Fsp3) is 0.750. The second-order valence-electron chi connectivity index (χ2n) is 5.66. The molecule has 0 bridgehead atoms. The lowest BCUT2D eigenvalue weighted by Crippen LogP contribution is -2.42. The Morgan fingerprint density at radius 1 is 1.32 bits per heavy atom. The molecular formula is C16H31N5S. The van der Waals surface area contributed by atoms with E-state index in [2.05, 4.69) is 60.3 Å². The first-order valence-electron chi connectivity index (χ1n) is 8.05. The maximum Gasteiger partial charge on any atom is 0.191 e. The van der Waals surface area contributed by atoms with E-state index in [1.54, 1.807) is 11.3 Å². The molecule has 0 aromatic carbocycles. The van der Waals surface area contributed by atoms with Crippen molar-refractivity contribution >= 4 is 17.3 Å². The Hall–Kier alpha value is -1.14. The molecule has 1 heterocycles. The Balaban J connectivity index is 2.25. The summed E-state index contributed by atoms with van der Waals surface area (Å²) in [4.78, 5) is 12.5. The molecular weight excluding hydrogens is 294 g/mol. The molecule has 0 aliphatic rings. The smallest absolute Gasteiger partial charge is 0.191 e. The van der Waals surface area contributed by atoms with Gasteiger partial charge in [-0.15, -0.1) is 11.3 Å². The normalized spacial score (nSPS) is 13.5. The number of hydrogen-bond acceptors (Lipinski definition) is 4. The van der Waals surface area contributed by atoms with E-state index in [1.165, 1.54) is 16.3 Å². The van der Waals surface area contributed by atoms with Crippen LogP contribution in [-0.2, 0) is 6.42 Å². The van der Waals surface area contributed by atoms with Crippen LogP contribution < -0.4 is 10.6 Å². The van der Waals surface area contributed by atoms with Gasteiger partial charge in [0.25, 0.3) is 0 Å². The van der Waals surface area contributed by atoms with E-state index in [-0.39, 0.29) is 0 Å². The summed E-state index contributed by atoms with van der Waals surface area (Å²) in [5.74, 6) is 0.863. The van der Waals surface area contributed by atoms with Crippen molar-refractivity contribution in [2.45, 2.75) is 46.6 Å². The third-order valence-corrected chi connectivity index (χ3v) is 5.16. The molecule has 1 rings (SSSR count). The van der Waals surface area contributed by atoms with Gasteiger partial charge in [0.2, 0.25) is 0 Å². The second-order valence-corrected chi connectivity index (χ2v) is 6.95. The highest BCUT2D eigenvalue weighted by molar-refractivity contribution is 7.11. The van der Waals surface area contributed by atoms with Crippen molar-refractivity contribution in [3.63, 3.8) is 0 Å². The van der Waals surface area contributed by atoms with Gasteiger partial charge in [-0.25, -0.2) is 4.98 Å². The first kappa shape index (κ1) is 18.9. The van der Waals surface area contributed by atoms with Crippen molar-refractivity contribution < 1.29 is 0 Å². The van der Waals surface area contributed by atoms with Gasteiger partial charge in [-0.3, -0.25) is 4.99 Å². The van der Waals surface area contributed by atoms with E-state index in [4.69, 9.17) is 0 Å². The van der Waals surface area contributed by atoms with E-state index in [1.807, 2.05) is 7.05 Å². The van der Waals surface area contributed by atoms with Crippen molar-refractivity contribution in [2.75, 3.05) is 33.7 Å². The topological polar surface area (TPSA) is 52.5 Å². The quantitative estimate of drug-likeness (QED) is 0.568. The predicted octanol–water partition coefficient (Wildman–Crippen LogP) is 2.20. The number of nitrogens with one attached hydrogen (secondary N) is 2. The first-order chi connectivity index (χ1) is 10.5. The number of thiazole rings is 1. The van der Waals surface area contributed by atoms with E-state index < -0.39 is 0 Å². The SMILES string of the molecule is CCC(C)N(C)CCNC(=NC)NCCc1nc(C)c(C)s1. The highest BCUT2D eigenvalue weighted by Crippen LogP contribution is 2.16. The van der Waals surface area contributed by atoms with Crippen LogP contribution in [0.15, 0.2) is 4.99 Å². The van der Waals surface area contributed by atoms with Crippen molar-refractivity contribution in [1.82, 2.24) is 20.5 Å². The summed E-state index contributed by atoms with van der Waals surface area (Å²) in [5, 5.41) is 7.90. The van der Waals surface area contributed by atoms with Crippen LogP contribution in [0.2, 0.25) is 0 Å². The van der Waals surface area contributed by atoms with E-state index in [0.717, 1.165) is 37.7 Å². The highest BCUT2D eigenvalue weighted by atomic mass is 32.1. The summed E-state index contributed by atoms with van der Waals surface area (Å²) in [6, 6.07) is 0.619. The molecule has 0 aliphatic heterocycles. The zero-order valence-corrected chi connectivity index (χ0v) is 15.7.